The Morgan fingerprint density at radius 2 is 2.16 bits per heavy atom. The number of hydrogen-bond acceptors (Lipinski definition) is 4. The zero-order valence-corrected chi connectivity index (χ0v) is 12.8. The average Bonchev–Trinajstić information content (AvgIpc) is 2.73. The molecular weight excluding hydrogens is 238 g/mol. The molecule has 0 spiro atoms. The monoisotopic (exact) mass is 265 g/mol. The van der Waals surface area contributed by atoms with Crippen LogP contribution in [0.15, 0.2) is 6.20 Å². The number of aryl methyl sites for hydroxylation is 1. The Morgan fingerprint density at radius 1 is 1.42 bits per heavy atom. The van der Waals surface area contributed by atoms with Crippen molar-refractivity contribution in [3.63, 3.8) is 0 Å². The van der Waals surface area contributed by atoms with Crippen molar-refractivity contribution < 1.29 is 0 Å². The third-order valence-corrected chi connectivity index (χ3v) is 4.00. The van der Waals surface area contributed by atoms with Crippen LogP contribution in [0.3, 0.4) is 0 Å². The molecule has 1 aliphatic rings. The van der Waals surface area contributed by atoms with Gasteiger partial charge in [0.2, 0.25) is 0 Å². The van der Waals surface area contributed by atoms with E-state index in [0.717, 1.165) is 25.3 Å². The molecular formula is C14H27N5. The second-order valence-corrected chi connectivity index (χ2v) is 6.71. The van der Waals surface area contributed by atoms with E-state index in [9.17, 15) is 0 Å². The number of nitrogens with zero attached hydrogens (tertiary/aromatic N) is 4. The molecule has 1 saturated heterocycles. The molecule has 1 aliphatic heterocycles. The largest absolute Gasteiger partial charge is 0.311 e. The van der Waals surface area contributed by atoms with Crippen LogP contribution in [0.5, 0.6) is 0 Å². The molecule has 0 bridgehead atoms. The summed E-state index contributed by atoms with van der Waals surface area (Å²) in [5.74, 6) is 0. The number of aromatic nitrogens is 3. The molecule has 0 radical (unpaired) electrons. The summed E-state index contributed by atoms with van der Waals surface area (Å²) in [6, 6.07) is 1.13. The molecule has 19 heavy (non-hydrogen) atoms. The minimum atomic E-state index is 0.272. The van der Waals surface area contributed by atoms with Gasteiger partial charge in [0, 0.05) is 45.0 Å². The third-order valence-electron chi connectivity index (χ3n) is 4.00. The zero-order valence-electron chi connectivity index (χ0n) is 12.8. The fourth-order valence-corrected chi connectivity index (χ4v) is 2.86. The van der Waals surface area contributed by atoms with Crippen molar-refractivity contribution in [2.24, 2.45) is 12.5 Å². The van der Waals surface area contributed by atoms with Crippen molar-refractivity contribution in [3.8, 4) is 0 Å². The lowest BCUT2D eigenvalue weighted by atomic mass is 9.83. The van der Waals surface area contributed by atoms with Gasteiger partial charge in [-0.05, 0) is 11.8 Å². The average molecular weight is 265 g/mol. The zero-order chi connectivity index (χ0) is 14.0. The lowest BCUT2D eigenvalue weighted by molar-refractivity contribution is 0.0475. The maximum atomic E-state index is 4.23. The second-order valence-electron chi connectivity index (χ2n) is 6.71. The fraction of sp³-hybridized carbons (Fsp3) is 0.857. The first-order valence-electron chi connectivity index (χ1n) is 7.22. The summed E-state index contributed by atoms with van der Waals surface area (Å²) in [5.41, 5.74) is 1.34. The fourth-order valence-electron chi connectivity index (χ4n) is 2.86. The van der Waals surface area contributed by atoms with E-state index in [1.54, 1.807) is 4.68 Å². The summed E-state index contributed by atoms with van der Waals surface area (Å²) >= 11 is 0. The van der Waals surface area contributed by atoms with E-state index in [4.69, 9.17) is 0 Å². The Labute approximate surface area is 116 Å². The van der Waals surface area contributed by atoms with Gasteiger partial charge < -0.3 is 5.32 Å². The van der Waals surface area contributed by atoms with Gasteiger partial charge >= 0.3 is 0 Å². The van der Waals surface area contributed by atoms with Crippen LogP contribution >= 0.6 is 0 Å². The highest BCUT2D eigenvalue weighted by Crippen LogP contribution is 2.27. The minimum Gasteiger partial charge on any atom is -0.311 e. The van der Waals surface area contributed by atoms with Crippen molar-refractivity contribution in [2.75, 3.05) is 13.1 Å². The highest BCUT2D eigenvalue weighted by molar-refractivity contribution is 4.98. The van der Waals surface area contributed by atoms with Crippen LogP contribution in [0, 0.1) is 5.41 Å². The molecule has 108 valence electrons. The van der Waals surface area contributed by atoms with Crippen molar-refractivity contribution in [2.45, 2.75) is 52.7 Å². The van der Waals surface area contributed by atoms with E-state index in [2.05, 4.69) is 48.2 Å². The van der Waals surface area contributed by atoms with Crippen molar-refractivity contribution in [1.82, 2.24) is 25.2 Å². The summed E-state index contributed by atoms with van der Waals surface area (Å²) in [6.07, 6.45) is 3.19. The van der Waals surface area contributed by atoms with Crippen LogP contribution in [0.1, 0.15) is 39.8 Å². The Bertz CT molecular complexity index is 406. The summed E-state index contributed by atoms with van der Waals surface area (Å²) in [6.45, 7) is 12.2. The van der Waals surface area contributed by atoms with Crippen LogP contribution < -0.4 is 5.32 Å². The van der Waals surface area contributed by atoms with Crippen LogP contribution in [-0.2, 0) is 13.6 Å². The van der Waals surface area contributed by atoms with Crippen LogP contribution in [0.4, 0.5) is 0 Å². The van der Waals surface area contributed by atoms with Gasteiger partial charge in [-0.2, -0.15) is 0 Å². The SMILES string of the molecule is CCC1CN(Cc2cn(C)nn2)C(C(C)(C)C)CN1. The van der Waals surface area contributed by atoms with Gasteiger partial charge in [0.05, 0.1) is 5.69 Å². The standard InChI is InChI=1S/C14H27N5/c1-6-11-9-19(10-12-8-18(5)17-16-12)13(7-15-11)14(2,3)4/h8,11,13,15H,6-7,9-10H2,1-5H3. The van der Waals surface area contributed by atoms with Gasteiger partial charge in [0.1, 0.15) is 0 Å². The van der Waals surface area contributed by atoms with E-state index in [1.807, 2.05) is 13.2 Å². The van der Waals surface area contributed by atoms with Gasteiger partial charge in [0.25, 0.3) is 0 Å². The highest BCUT2D eigenvalue weighted by Gasteiger charge is 2.35. The number of nitrogens with one attached hydrogen (secondary N) is 1. The molecule has 0 aliphatic carbocycles. The number of rotatable bonds is 3. The molecule has 1 aromatic heterocycles. The molecule has 1 N–H and O–H groups in total. The van der Waals surface area contributed by atoms with Crippen LogP contribution in [0.2, 0.25) is 0 Å². The maximum absolute atomic E-state index is 4.23. The topological polar surface area (TPSA) is 46.0 Å². The molecule has 2 unspecified atom stereocenters. The van der Waals surface area contributed by atoms with Gasteiger partial charge in [-0.1, -0.05) is 32.9 Å². The summed E-state index contributed by atoms with van der Waals surface area (Å²) in [4.78, 5) is 2.56. The summed E-state index contributed by atoms with van der Waals surface area (Å²) in [7, 11) is 1.92. The first-order chi connectivity index (χ1) is 8.90. The molecule has 0 amide bonds. The Morgan fingerprint density at radius 3 is 2.68 bits per heavy atom. The smallest absolute Gasteiger partial charge is 0.0967 e. The van der Waals surface area contributed by atoms with E-state index in [0.29, 0.717) is 12.1 Å². The van der Waals surface area contributed by atoms with Crippen LogP contribution in [0.25, 0.3) is 0 Å². The number of piperazine rings is 1. The molecule has 2 rings (SSSR count). The molecule has 1 fully saturated rings. The van der Waals surface area contributed by atoms with Gasteiger partial charge in [-0.3, -0.25) is 9.58 Å². The molecule has 2 atom stereocenters. The van der Waals surface area contributed by atoms with E-state index in [1.165, 1.54) is 6.42 Å². The first kappa shape index (κ1) is 14.5. The Hall–Kier alpha value is -0.940. The highest BCUT2D eigenvalue weighted by atomic mass is 15.4. The van der Waals surface area contributed by atoms with Gasteiger partial charge in [-0.15, -0.1) is 5.10 Å². The summed E-state index contributed by atoms with van der Waals surface area (Å²) in [5, 5.41) is 11.9. The van der Waals surface area contributed by atoms with Gasteiger partial charge in [-0.25, -0.2) is 0 Å². The first-order valence-corrected chi connectivity index (χ1v) is 7.22. The Balaban J connectivity index is 2.11. The van der Waals surface area contributed by atoms with Crippen molar-refractivity contribution in [1.29, 1.82) is 0 Å². The quantitative estimate of drug-likeness (QED) is 0.897. The van der Waals surface area contributed by atoms with Gasteiger partial charge in [0.15, 0.2) is 0 Å². The lowest BCUT2D eigenvalue weighted by Crippen LogP contribution is -2.60. The minimum absolute atomic E-state index is 0.272. The van der Waals surface area contributed by atoms with E-state index < -0.39 is 0 Å². The molecule has 0 saturated carbocycles. The molecule has 2 heterocycles. The predicted octanol–water partition coefficient (Wildman–Crippen LogP) is 1.41. The van der Waals surface area contributed by atoms with Crippen molar-refractivity contribution in [3.05, 3.63) is 11.9 Å². The predicted molar refractivity (Wildman–Crippen MR) is 76.7 cm³/mol. The Kier molecular flexibility index (Phi) is 4.26. The molecule has 0 aromatic carbocycles. The molecule has 1 aromatic rings. The van der Waals surface area contributed by atoms with E-state index in [-0.39, 0.29) is 5.41 Å². The molecule has 5 nitrogen and oxygen atoms in total. The normalized spacial score (nSPS) is 25.7. The summed E-state index contributed by atoms with van der Waals surface area (Å²) < 4.78 is 1.78. The second kappa shape index (κ2) is 5.59. The maximum Gasteiger partial charge on any atom is 0.0967 e. The molecule has 5 heteroatoms. The van der Waals surface area contributed by atoms with E-state index >= 15 is 0 Å². The third kappa shape index (κ3) is 3.54. The van der Waals surface area contributed by atoms with Crippen LogP contribution in [-0.4, -0.2) is 45.1 Å². The number of hydrogen-bond donors (Lipinski definition) is 1. The lowest BCUT2D eigenvalue weighted by Gasteiger charge is -2.46. The van der Waals surface area contributed by atoms with Crippen molar-refractivity contribution >= 4 is 0 Å².